The van der Waals surface area contributed by atoms with Crippen LogP contribution in [-0.2, 0) is 0 Å². The molecule has 2 amide bonds. The third-order valence-electron chi connectivity index (χ3n) is 3.02. The van der Waals surface area contributed by atoms with Gasteiger partial charge in [0.2, 0.25) is 0 Å². The molecule has 1 aliphatic heterocycles. The number of carbonyl (C=O) groups is 1. The zero-order chi connectivity index (χ0) is 13.3. The van der Waals surface area contributed by atoms with Crippen molar-refractivity contribution in [2.24, 2.45) is 5.92 Å². The third-order valence-corrected chi connectivity index (χ3v) is 3.02. The predicted molar refractivity (Wildman–Crippen MR) is 69.5 cm³/mol. The quantitative estimate of drug-likeness (QED) is 0.857. The Kier molecular flexibility index (Phi) is 3.32. The Morgan fingerprint density at radius 3 is 2.89 bits per heavy atom. The standard InChI is InChI=1S/C13H18N4O/c1-8(2)7-17-11(12(14)16-13(17)18)10-6-15-5-4-9(10)3/h4-6,8,11H,7H2,1-3H3,(H2,14,16,18). The number of hydrogen-bond acceptors (Lipinski definition) is 3. The zero-order valence-corrected chi connectivity index (χ0v) is 10.9. The van der Waals surface area contributed by atoms with Crippen molar-refractivity contribution in [3.8, 4) is 0 Å². The summed E-state index contributed by atoms with van der Waals surface area (Å²) < 4.78 is 0. The monoisotopic (exact) mass is 246 g/mol. The van der Waals surface area contributed by atoms with Crippen LogP contribution in [0.1, 0.15) is 31.0 Å². The van der Waals surface area contributed by atoms with Crippen LogP contribution in [0, 0.1) is 18.3 Å². The van der Waals surface area contributed by atoms with E-state index in [0.717, 1.165) is 11.1 Å². The number of amidine groups is 1. The number of rotatable bonds is 3. The Hall–Kier alpha value is -1.91. The summed E-state index contributed by atoms with van der Waals surface area (Å²) in [6.45, 7) is 6.72. The second-order valence-electron chi connectivity index (χ2n) is 5.02. The van der Waals surface area contributed by atoms with Gasteiger partial charge in [0.15, 0.2) is 0 Å². The maximum atomic E-state index is 11.9. The molecule has 96 valence electrons. The van der Waals surface area contributed by atoms with E-state index in [0.29, 0.717) is 12.5 Å². The molecule has 1 atom stereocenters. The van der Waals surface area contributed by atoms with Gasteiger partial charge in [0.05, 0.1) is 0 Å². The lowest BCUT2D eigenvalue weighted by Crippen LogP contribution is -2.33. The van der Waals surface area contributed by atoms with Gasteiger partial charge in [0.25, 0.3) is 0 Å². The molecular formula is C13H18N4O. The van der Waals surface area contributed by atoms with E-state index in [9.17, 15) is 4.79 Å². The van der Waals surface area contributed by atoms with Gasteiger partial charge in [-0.05, 0) is 24.5 Å². The van der Waals surface area contributed by atoms with Crippen molar-refractivity contribution in [3.05, 3.63) is 29.6 Å². The number of nitrogens with zero attached hydrogens (tertiary/aromatic N) is 2. The second-order valence-corrected chi connectivity index (χ2v) is 5.02. The molecule has 1 fully saturated rings. The lowest BCUT2D eigenvalue weighted by molar-refractivity contribution is 0.198. The summed E-state index contributed by atoms with van der Waals surface area (Å²) in [4.78, 5) is 17.7. The molecule has 0 radical (unpaired) electrons. The van der Waals surface area contributed by atoms with E-state index in [1.807, 2.05) is 13.0 Å². The van der Waals surface area contributed by atoms with Crippen LogP contribution in [0.25, 0.3) is 0 Å². The van der Waals surface area contributed by atoms with Crippen molar-refractivity contribution in [1.82, 2.24) is 15.2 Å². The summed E-state index contributed by atoms with van der Waals surface area (Å²) in [5.41, 5.74) is 1.96. The Labute approximate surface area is 107 Å². The minimum absolute atomic E-state index is 0.193. The van der Waals surface area contributed by atoms with Crippen molar-refractivity contribution in [2.75, 3.05) is 6.54 Å². The highest BCUT2D eigenvalue weighted by Crippen LogP contribution is 2.28. The third kappa shape index (κ3) is 2.20. The van der Waals surface area contributed by atoms with E-state index >= 15 is 0 Å². The normalized spacial score (nSPS) is 19.6. The number of aromatic nitrogens is 1. The highest BCUT2D eigenvalue weighted by atomic mass is 16.2. The minimum Gasteiger partial charge on any atom is -0.310 e. The molecule has 0 aromatic carbocycles. The molecule has 2 rings (SSSR count). The molecular weight excluding hydrogens is 228 g/mol. The predicted octanol–water partition coefficient (Wildman–Crippen LogP) is 2.09. The summed E-state index contributed by atoms with van der Waals surface area (Å²) in [6, 6.07) is 1.38. The number of amides is 2. The average molecular weight is 246 g/mol. The van der Waals surface area contributed by atoms with Crippen molar-refractivity contribution >= 4 is 11.9 Å². The topological polar surface area (TPSA) is 69.1 Å². The van der Waals surface area contributed by atoms with Crippen molar-refractivity contribution in [2.45, 2.75) is 26.8 Å². The summed E-state index contributed by atoms with van der Waals surface area (Å²) >= 11 is 0. The van der Waals surface area contributed by atoms with E-state index in [4.69, 9.17) is 5.41 Å². The molecule has 5 heteroatoms. The van der Waals surface area contributed by atoms with Gasteiger partial charge >= 0.3 is 6.03 Å². The highest BCUT2D eigenvalue weighted by molar-refractivity contribution is 6.06. The van der Waals surface area contributed by atoms with E-state index in [2.05, 4.69) is 24.1 Å². The highest BCUT2D eigenvalue weighted by Gasteiger charge is 2.37. The van der Waals surface area contributed by atoms with Crippen LogP contribution in [0.15, 0.2) is 18.5 Å². The first-order valence-corrected chi connectivity index (χ1v) is 6.07. The van der Waals surface area contributed by atoms with Crippen LogP contribution >= 0.6 is 0 Å². The van der Waals surface area contributed by atoms with Crippen molar-refractivity contribution < 1.29 is 4.79 Å². The summed E-state index contributed by atoms with van der Waals surface area (Å²) in [7, 11) is 0. The SMILES string of the molecule is Cc1ccncc1C1C(=N)NC(=O)N1CC(C)C. The molecule has 2 heterocycles. The molecule has 0 saturated carbocycles. The number of hydrogen-bond donors (Lipinski definition) is 2. The van der Waals surface area contributed by atoms with Crippen LogP contribution in [0.4, 0.5) is 4.79 Å². The number of pyridine rings is 1. The summed E-state index contributed by atoms with van der Waals surface area (Å²) in [5, 5.41) is 10.5. The van der Waals surface area contributed by atoms with Crippen LogP contribution in [-0.4, -0.2) is 28.3 Å². The molecule has 1 aromatic rings. The molecule has 1 aliphatic rings. The van der Waals surface area contributed by atoms with Crippen molar-refractivity contribution in [1.29, 1.82) is 5.41 Å². The lowest BCUT2D eigenvalue weighted by Gasteiger charge is -2.25. The molecule has 1 saturated heterocycles. The molecule has 0 aliphatic carbocycles. The summed E-state index contributed by atoms with van der Waals surface area (Å²) in [6.07, 6.45) is 3.46. The van der Waals surface area contributed by atoms with Gasteiger partial charge in [-0.2, -0.15) is 0 Å². The Morgan fingerprint density at radius 2 is 2.28 bits per heavy atom. The first kappa shape index (κ1) is 12.5. The maximum Gasteiger partial charge on any atom is 0.323 e. The number of aryl methyl sites for hydroxylation is 1. The van der Waals surface area contributed by atoms with Gasteiger partial charge in [-0.15, -0.1) is 0 Å². The molecule has 1 aromatic heterocycles. The fourth-order valence-electron chi connectivity index (χ4n) is 2.20. The first-order chi connectivity index (χ1) is 8.50. The minimum atomic E-state index is -0.325. The molecule has 18 heavy (non-hydrogen) atoms. The fraction of sp³-hybridized carbons (Fsp3) is 0.462. The van der Waals surface area contributed by atoms with Crippen LogP contribution < -0.4 is 5.32 Å². The van der Waals surface area contributed by atoms with E-state index in [-0.39, 0.29) is 17.9 Å². The Bertz CT molecular complexity index is 484. The average Bonchev–Trinajstić information content (AvgIpc) is 2.55. The zero-order valence-electron chi connectivity index (χ0n) is 10.9. The Balaban J connectivity index is 2.37. The van der Waals surface area contributed by atoms with E-state index in [1.165, 1.54) is 0 Å². The number of carbonyl (C=O) groups excluding carboxylic acids is 1. The largest absolute Gasteiger partial charge is 0.323 e. The van der Waals surface area contributed by atoms with Crippen LogP contribution in [0.2, 0.25) is 0 Å². The molecule has 2 N–H and O–H groups in total. The number of urea groups is 1. The smallest absolute Gasteiger partial charge is 0.310 e. The van der Waals surface area contributed by atoms with E-state index < -0.39 is 0 Å². The van der Waals surface area contributed by atoms with Gasteiger partial charge in [-0.3, -0.25) is 15.7 Å². The molecule has 5 nitrogen and oxygen atoms in total. The van der Waals surface area contributed by atoms with Gasteiger partial charge in [-0.25, -0.2) is 4.79 Å². The number of nitrogens with one attached hydrogen (secondary N) is 2. The van der Waals surface area contributed by atoms with E-state index in [1.54, 1.807) is 17.3 Å². The van der Waals surface area contributed by atoms with Gasteiger partial charge in [-0.1, -0.05) is 13.8 Å². The molecule has 0 spiro atoms. The summed E-state index contributed by atoms with van der Waals surface area (Å²) in [5.74, 6) is 0.595. The van der Waals surface area contributed by atoms with Crippen molar-refractivity contribution in [3.63, 3.8) is 0 Å². The first-order valence-electron chi connectivity index (χ1n) is 6.07. The molecule has 0 bridgehead atoms. The van der Waals surface area contributed by atoms with Gasteiger partial charge < -0.3 is 4.90 Å². The lowest BCUT2D eigenvalue weighted by atomic mass is 10.0. The second kappa shape index (κ2) is 4.76. The van der Waals surface area contributed by atoms with Crippen LogP contribution in [0.3, 0.4) is 0 Å². The fourth-order valence-corrected chi connectivity index (χ4v) is 2.20. The Morgan fingerprint density at radius 1 is 1.56 bits per heavy atom. The van der Waals surface area contributed by atoms with Crippen LogP contribution in [0.5, 0.6) is 0 Å². The molecule has 1 unspecified atom stereocenters. The van der Waals surface area contributed by atoms with Gasteiger partial charge in [0.1, 0.15) is 11.9 Å². The maximum absolute atomic E-state index is 11.9. The van der Waals surface area contributed by atoms with Gasteiger partial charge in [0, 0.05) is 24.5 Å².